The quantitative estimate of drug-likeness (QED) is 0.651. The van der Waals surface area contributed by atoms with E-state index >= 15 is 0 Å². The fourth-order valence-corrected chi connectivity index (χ4v) is 3.86. The van der Waals surface area contributed by atoms with Crippen molar-refractivity contribution in [3.05, 3.63) is 36.5 Å². The van der Waals surface area contributed by atoms with Crippen molar-refractivity contribution >= 4 is 28.6 Å². The number of ether oxygens (including phenoxy) is 2. The molecule has 1 fully saturated rings. The van der Waals surface area contributed by atoms with Gasteiger partial charge in [0.1, 0.15) is 28.4 Å². The van der Waals surface area contributed by atoms with Crippen LogP contribution in [0.5, 0.6) is 5.75 Å². The van der Waals surface area contributed by atoms with Gasteiger partial charge in [-0.15, -0.1) is 0 Å². The number of hydrogen-bond acceptors (Lipinski definition) is 7. The summed E-state index contributed by atoms with van der Waals surface area (Å²) >= 11 is 0. The van der Waals surface area contributed by atoms with Crippen molar-refractivity contribution in [2.45, 2.75) is 45.1 Å². The molecule has 1 saturated heterocycles. The van der Waals surface area contributed by atoms with Crippen molar-refractivity contribution in [1.29, 1.82) is 0 Å². The fourth-order valence-electron chi connectivity index (χ4n) is 3.86. The zero-order valence-electron chi connectivity index (χ0n) is 19.3. The monoisotopic (exact) mass is 438 g/mol. The normalized spacial score (nSPS) is 15.1. The lowest BCUT2D eigenvalue weighted by Crippen LogP contribution is -2.41. The van der Waals surface area contributed by atoms with Crippen LogP contribution in [-0.4, -0.2) is 56.3 Å². The Balaban J connectivity index is 1.44. The second-order valence-electron chi connectivity index (χ2n) is 9.09. The molecule has 4 heterocycles. The van der Waals surface area contributed by atoms with Gasteiger partial charge in [-0.1, -0.05) is 0 Å². The summed E-state index contributed by atoms with van der Waals surface area (Å²) in [6.07, 6.45) is 6.70. The molecule has 0 unspecified atom stereocenters. The molecular formula is C23H30N6O3. The van der Waals surface area contributed by atoms with Crippen LogP contribution < -0.4 is 10.1 Å². The molecular weight excluding hydrogens is 408 g/mol. The molecule has 9 heteroatoms. The molecule has 3 aromatic rings. The van der Waals surface area contributed by atoms with Crippen LogP contribution in [0.3, 0.4) is 0 Å². The number of amides is 1. The highest BCUT2D eigenvalue weighted by Gasteiger charge is 2.28. The number of fused-ring (bicyclic) bond motifs is 1. The number of methoxy groups -OCH3 is 1. The van der Waals surface area contributed by atoms with Gasteiger partial charge in [-0.3, -0.25) is 4.98 Å². The van der Waals surface area contributed by atoms with Crippen molar-refractivity contribution in [3.63, 3.8) is 0 Å². The van der Waals surface area contributed by atoms with Gasteiger partial charge in [0.05, 0.1) is 31.3 Å². The Bertz CT molecular complexity index is 1110. The van der Waals surface area contributed by atoms with Crippen LogP contribution in [-0.2, 0) is 11.8 Å². The summed E-state index contributed by atoms with van der Waals surface area (Å²) in [5.74, 6) is 1.66. The Morgan fingerprint density at radius 1 is 1.12 bits per heavy atom. The second-order valence-corrected chi connectivity index (χ2v) is 9.09. The van der Waals surface area contributed by atoms with Gasteiger partial charge >= 0.3 is 6.09 Å². The molecule has 0 aromatic carbocycles. The van der Waals surface area contributed by atoms with Gasteiger partial charge in [-0.2, -0.15) is 0 Å². The number of nitrogens with one attached hydrogen (secondary N) is 1. The van der Waals surface area contributed by atoms with Gasteiger partial charge in [-0.25, -0.2) is 14.8 Å². The van der Waals surface area contributed by atoms with E-state index in [0.717, 1.165) is 35.3 Å². The maximum atomic E-state index is 12.3. The molecule has 9 nitrogen and oxygen atoms in total. The number of anilines is 2. The summed E-state index contributed by atoms with van der Waals surface area (Å²) in [5, 5.41) is 3.30. The number of aryl methyl sites for hydroxylation is 1. The number of piperidine rings is 1. The van der Waals surface area contributed by atoms with Gasteiger partial charge in [0, 0.05) is 43.9 Å². The minimum absolute atomic E-state index is 0.251. The molecule has 1 aliphatic rings. The first-order valence-electron chi connectivity index (χ1n) is 10.8. The zero-order valence-corrected chi connectivity index (χ0v) is 19.3. The summed E-state index contributed by atoms with van der Waals surface area (Å²) in [6, 6.07) is 3.92. The zero-order chi connectivity index (χ0) is 22.9. The second kappa shape index (κ2) is 8.64. The van der Waals surface area contributed by atoms with Crippen LogP contribution in [0, 0.1) is 0 Å². The van der Waals surface area contributed by atoms with Crippen LogP contribution in [0.4, 0.5) is 16.3 Å². The molecule has 3 aromatic heterocycles. The SMILES string of the molecule is COc1cc(C2CCN(C(=O)OC(C)(C)C)CC2)ncc1Nc1cc2c(cn1)ncn2C. The number of carbonyl (C=O) groups is 1. The van der Waals surface area contributed by atoms with E-state index in [1.54, 1.807) is 30.7 Å². The van der Waals surface area contributed by atoms with Crippen molar-refractivity contribution in [3.8, 4) is 5.75 Å². The van der Waals surface area contributed by atoms with E-state index in [0.29, 0.717) is 24.7 Å². The first-order valence-corrected chi connectivity index (χ1v) is 10.8. The highest BCUT2D eigenvalue weighted by Crippen LogP contribution is 2.33. The molecule has 0 bridgehead atoms. The molecule has 1 amide bonds. The van der Waals surface area contributed by atoms with Crippen LogP contribution >= 0.6 is 0 Å². The predicted octanol–water partition coefficient (Wildman–Crippen LogP) is 4.23. The minimum Gasteiger partial charge on any atom is -0.494 e. The lowest BCUT2D eigenvalue weighted by Gasteiger charge is -2.33. The molecule has 0 radical (unpaired) electrons. The minimum atomic E-state index is -0.484. The average Bonchev–Trinajstić information content (AvgIpc) is 3.13. The van der Waals surface area contributed by atoms with E-state index in [-0.39, 0.29) is 12.0 Å². The molecule has 32 heavy (non-hydrogen) atoms. The predicted molar refractivity (Wildman–Crippen MR) is 122 cm³/mol. The van der Waals surface area contributed by atoms with Gasteiger partial charge in [0.15, 0.2) is 0 Å². The highest BCUT2D eigenvalue weighted by molar-refractivity contribution is 5.78. The lowest BCUT2D eigenvalue weighted by molar-refractivity contribution is 0.0204. The van der Waals surface area contributed by atoms with Gasteiger partial charge < -0.3 is 24.3 Å². The third kappa shape index (κ3) is 4.76. The third-order valence-corrected chi connectivity index (χ3v) is 5.55. The number of likely N-dealkylation sites (tertiary alicyclic amines) is 1. The maximum absolute atomic E-state index is 12.3. The molecule has 0 spiro atoms. The Morgan fingerprint density at radius 2 is 1.88 bits per heavy atom. The fraction of sp³-hybridized carbons (Fsp3) is 0.478. The van der Waals surface area contributed by atoms with E-state index in [1.165, 1.54) is 0 Å². The molecule has 0 aliphatic carbocycles. The molecule has 170 valence electrons. The lowest BCUT2D eigenvalue weighted by atomic mass is 9.93. The summed E-state index contributed by atoms with van der Waals surface area (Å²) in [5.41, 5.74) is 3.06. The molecule has 0 saturated carbocycles. The topological polar surface area (TPSA) is 94.4 Å². The first-order chi connectivity index (χ1) is 15.2. The summed E-state index contributed by atoms with van der Waals surface area (Å²) in [4.78, 5) is 27.5. The Hall–Kier alpha value is -3.36. The van der Waals surface area contributed by atoms with E-state index < -0.39 is 5.60 Å². The number of hydrogen-bond donors (Lipinski definition) is 1. The number of aromatic nitrogens is 4. The van der Waals surface area contributed by atoms with Crippen molar-refractivity contribution < 1.29 is 14.3 Å². The third-order valence-electron chi connectivity index (χ3n) is 5.55. The summed E-state index contributed by atoms with van der Waals surface area (Å²) in [6.45, 7) is 6.95. The van der Waals surface area contributed by atoms with Crippen molar-refractivity contribution in [2.24, 2.45) is 7.05 Å². The summed E-state index contributed by atoms with van der Waals surface area (Å²) < 4.78 is 13.1. The standard InChI is InChI=1S/C23H30N6O3/c1-23(2,3)32-22(30)29-8-6-15(7-9-29)16-10-20(31-5)18(13-24-16)27-21-11-19-17(12-25-21)26-14-28(19)4/h10-15H,6-9H2,1-5H3,(H,25,27). The average molecular weight is 439 g/mol. The molecule has 4 rings (SSSR count). The largest absolute Gasteiger partial charge is 0.494 e. The first kappa shape index (κ1) is 21.9. The van der Waals surface area contributed by atoms with Crippen LogP contribution in [0.25, 0.3) is 11.0 Å². The Morgan fingerprint density at radius 3 is 2.56 bits per heavy atom. The number of pyridine rings is 2. The number of imidazole rings is 1. The maximum Gasteiger partial charge on any atom is 0.410 e. The number of carbonyl (C=O) groups excluding carboxylic acids is 1. The summed E-state index contributed by atoms with van der Waals surface area (Å²) in [7, 11) is 3.59. The number of nitrogens with zero attached hydrogens (tertiary/aromatic N) is 5. The molecule has 0 atom stereocenters. The van der Waals surface area contributed by atoms with Crippen molar-refractivity contribution in [1.82, 2.24) is 24.4 Å². The number of rotatable bonds is 4. The van der Waals surface area contributed by atoms with Gasteiger partial charge in [0.2, 0.25) is 0 Å². The highest BCUT2D eigenvalue weighted by atomic mass is 16.6. The van der Waals surface area contributed by atoms with Crippen LogP contribution in [0.2, 0.25) is 0 Å². The Labute approximate surface area is 187 Å². The molecule has 1 aliphatic heterocycles. The van der Waals surface area contributed by atoms with Gasteiger partial charge in [0.25, 0.3) is 0 Å². The smallest absolute Gasteiger partial charge is 0.410 e. The molecule has 1 N–H and O–H groups in total. The van der Waals surface area contributed by atoms with E-state index in [4.69, 9.17) is 9.47 Å². The van der Waals surface area contributed by atoms with Gasteiger partial charge in [-0.05, 0) is 33.6 Å². The van der Waals surface area contributed by atoms with E-state index in [2.05, 4.69) is 20.3 Å². The van der Waals surface area contributed by atoms with Crippen LogP contribution in [0.15, 0.2) is 30.9 Å². The van der Waals surface area contributed by atoms with Crippen LogP contribution in [0.1, 0.15) is 45.2 Å². The van der Waals surface area contributed by atoms with E-state index in [9.17, 15) is 4.79 Å². The Kier molecular flexibility index (Phi) is 5.90. The van der Waals surface area contributed by atoms with E-state index in [1.807, 2.05) is 44.5 Å². The van der Waals surface area contributed by atoms with Crippen molar-refractivity contribution in [2.75, 3.05) is 25.5 Å².